The van der Waals surface area contributed by atoms with E-state index in [0.717, 1.165) is 25.1 Å². The summed E-state index contributed by atoms with van der Waals surface area (Å²) < 4.78 is 0. The number of fused-ring (bicyclic) bond motifs is 2. The van der Waals surface area contributed by atoms with Crippen LogP contribution in [0.5, 0.6) is 0 Å². The average molecular weight is 360 g/mol. The van der Waals surface area contributed by atoms with Gasteiger partial charge in [-0.2, -0.15) is 0 Å². The molecule has 2 N–H and O–H groups in total. The van der Waals surface area contributed by atoms with E-state index in [-0.39, 0.29) is 11.5 Å². The highest BCUT2D eigenvalue weighted by Gasteiger charge is 2.46. The highest BCUT2D eigenvalue weighted by molar-refractivity contribution is 6.29. The SMILES string of the molecule is O=C(NCC1CC2CCC1N2c1cncc(Cl)n1)c1ccc(=O)[nH]c1. The summed E-state index contributed by atoms with van der Waals surface area (Å²) in [6, 6.07) is 3.65. The van der Waals surface area contributed by atoms with Crippen molar-refractivity contribution in [1.82, 2.24) is 20.3 Å². The zero-order chi connectivity index (χ0) is 17.4. The van der Waals surface area contributed by atoms with Gasteiger partial charge in [0.2, 0.25) is 5.56 Å². The van der Waals surface area contributed by atoms with E-state index in [9.17, 15) is 9.59 Å². The maximum absolute atomic E-state index is 12.2. The van der Waals surface area contributed by atoms with E-state index < -0.39 is 0 Å². The zero-order valence-electron chi connectivity index (χ0n) is 13.5. The molecule has 7 nitrogen and oxygen atoms in total. The second kappa shape index (κ2) is 6.48. The first kappa shape index (κ1) is 16.1. The Kier molecular flexibility index (Phi) is 4.17. The number of amides is 1. The van der Waals surface area contributed by atoms with Crippen LogP contribution < -0.4 is 15.8 Å². The Hall–Kier alpha value is -2.41. The van der Waals surface area contributed by atoms with E-state index >= 15 is 0 Å². The normalized spacial score (nSPS) is 24.5. The van der Waals surface area contributed by atoms with Crippen molar-refractivity contribution in [3.05, 3.63) is 51.8 Å². The third-order valence-corrected chi connectivity index (χ3v) is 5.28. The molecule has 25 heavy (non-hydrogen) atoms. The molecule has 0 aromatic carbocycles. The summed E-state index contributed by atoms with van der Waals surface area (Å²) in [5, 5.41) is 3.37. The van der Waals surface area contributed by atoms with Gasteiger partial charge in [-0.05, 0) is 31.2 Å². The molecule has 4 heterocycles. The number of aromatic nitrogens is 3. The number of nitrogens with zero attached hydrogens (tertiary/aromatic N) is 3. The van der Waals surface area contributed by atoms with Gasteiger partial charge in [-0.3, -0.25) is 14.6 Å². The highest BCUT2D eigenvalue weighted by atomic mass is 35.5. The third kappa shape index (κ3) is 3.11. The van der Waals surface area contributed by atoms with Gasteiger partial charge < -0.3 is 15.2 Å². The molecule has 0 spiro atoms. The Labute approximate surface area is 149 Å². The van der Waals surface area contributed by atoms with Crippen LogP contribution in [0.4, 0.5) is 5.82 Å². The van der Waals surface area contributed by atoms with Crippen molar-refractivity contribution in [2.45, 2.75) is 31.3 Å². The predicted octanol–water partition coefficient (Wildman–Crippen LogP) is 1.61. The number of carbonyl (C=O) groups excluding carboxylic acids is 1. The molecule has 8 heteroatoms. The summed E-state index contributed by atoms with van der Waals surface area (Å²) in [6.45, 7) is 0.601. The van der Waals surface area contributed by atoms with E-state index in [4.69, 9.17) is 11.6 Å². The van der Waals surface area contributed by atoms with Gasteiger partial charge in [-0.25, -0.2) is 4.98 Å². The second-order valence-corrected chi connectivity index (χ2v) is 6.94. The van der Waals surface area contributed by atoms with Gasteiger partial charge in [-0.1, -0.05) is 11.6 Å². The number of hydrogen-bond acceptors (Lipinski definition) is 5. The van der Waals surface area contributed by atoms with E-state index in [0.29, 0.717) is 35.3 Å². The number of anilines is 1. The zero-order valence-corrected chi connectivity index (χ0v) is 14.2. The Morgan fingerprint density at radius 3 is 3.00 bits per heavy atom. The lowest BCUT2D eigenvalue weighted by atomic mass is 9.89. The number of hydrogen-bond donors (Lipinski definition) is 2. The minimum atomic E-state index is -0.220. The smallest absolute Gasteiger partial charge is 0.252 e. The molecule has 2 aliphatic heterocycles. The second-order valence-electron chi connectivity index (χ2n) is 6.55. The summed E-state index contributed by atoms with van der Waals surface area (Å²) in [5.74, 6) is 1.01. The first-order valence-electron chi connectivity index (χ1n) is 8.34. The van der Waals surface area contributed by atoms with Crippen molar-refractivity contribution in [2.75, 3.05) is 11.4 Å². The van der Waals surface area contributed by atoms with Crippen LogP contribution >= 0.6 is 11.6 Å². The number of carbonyl (C=O) groups is 1. The van der Waals surface area contributed by atoms with Crippen molar-refractivity contribution in [2.24, 2.45) is 5.92 Å². The van der Waals surface area contributed by atoms with Crippen LogP contribution in [-0.4, -0.2) is 39.5 Å². The van der Waals surface area contributed by atoms with E-state index in [1.54, 1.807) is 6.20 Å². The Morgan fingerprint density at radius 2 is 2.24 bits per heavy atom. The van der Waals surface area contributed by atoms with Gasteiger partial charge in [0, 0.05) is 30.9 Å². The van der Waals surface area contributed by atoms with Gasteiger partial charge in [0.05, 0.1) is 18.0 Å². The predicted molar refractivity (Wildman–Crippen MR) is 93.8 cm³/mol. The van der Waals surface area contributed by atoms with Gasteiger partial charge >= 0.3 is 0 Å². The molecule has 4 rings (SSSR count). The maximum atomic E-state index is 12.2. The summed E-state index contributed by atoms with van der Waals surface area (Å²) in [6.07, 6.45) is 7.95. The number of aromatic amines is 1. The van der Waals surface area contributed by atoms with E-state index in [1.807, 2.05) is 0 Å². The largest absolute Gasteiger partial charge is 0.352 e. The molecule has 2 saturated heterocycles. The number of rotatable bonds is 4. The van der Waals surface area contributed by atoms with Gasteiger partial charge in [0.15, 0.2) is 0 Å². The van der Waals surface area contributed by atoms with Crippen molar-refractivity contribution in [3.63, 3.8) is 0 Å². The van der Waals surface area contributed by atoms with Crippen molar-refractivity contribution in [1.29, 1.82) is 0 Å². The topological polar surface area (TPSA) is 91.0 Å². The molecule has 2 fully saturated rings. The van der Waals surface area contributed by atoms with Crippen LogP contribution in [0.1, 0.15) is 29.6 Å². The maximum Gasteiger partial charge on any atom is 0.252 e. The van der Waals surface area contributed by atoms with Crippen LogP contribution in [0, 0.1) is 5.92 Å². The molecular weight excluding hydrogens is 342 g/mol. The molecule has 130 valence electrons. The summed E-state index contributed by atoms with van der Waals surface area (Å²) in [4.78, 5) is 36.7. The number of pyridine rings is 1. The lowest BCUT2D eigenvalue weighted by molar-refractivity contribution is 0.0944. The monoisotopic (exact) mass is 359 g/mol. The summed E-state index contributed by atoms with van der Waals surface area (Å²) in [7, 11) is 0. The quantitative estimate of drug-likeness (QED) is 0.865. The van der Waals surface area contributed by atoms with E-state index in [2.05, 4.69) is 25.2 Å². The first-order valence-corrected chi connectivity index (χ1v) is 8.72. The molecular formula is C17H18ClN5O2. The van der Waals surface area contributed by atoms with Crippen molar-refractivity contribution in [3.8, 4) is 0 Å². The fraction of sp³-hybridized carbons (Fsp3) is 0.412. The fourth-order valence-corrected chi connectivity index (χ4v) is 4.17. The standard InChI is InChI=1S/C17H18ClN5O2/c18-14-8-19-9-15(22-14)23-12-2-3-13(23)11(5-12)7-21-17(25)10-1-4-16(24)20-6-10/h1,4,6,8-9,11-13H,2-3,5,7H2,(H,20,24)(H,21,25). The average Bonchev–Trinajstić information content (AvgIpc) is 3.18. The molecule has 0 saturated carbocycles. The van der Waals surface area contributed by atoms with Crippen LogP contribution in [0.2, 0.25) is 5.15 Å². The lowest BCUT2D eigenvalue weighted by Crippen LogP contribution is -2.37. The van der Waals surface area contributed by atoms with E-state index in [1.165, 1.54) is 24.5 Å². The highest BCUT2D eigenvalue weighted by Crippen LogP contribution is 2.43. The van der Waals surface area contributed by atoms with Gasteiger partial charge in [0.25, 0.3) is 5.91 Å². The molecule has 2 aliphatic rings. The molecule has 2 bridgehead atoms. The van der Waals surface area contributed by atoms with Gasteiger partial charge in [0.1, 0.15) is 11.0 Å². The van der Waals surface area contributed by atoms with Crippen LogP contribution in [0.3, 0.4) is 0 Å². The number of nitrogens with one attached hydrogen (secondary N) is 2. The molecule has 0 radical (unpaired) electrons. The molecule has 0 aliphatic carbocycles. The van der Waals surface area contributed by atoms with Gasteiger partial charge in [-0.15, -0.1) is 0 Å². The van der Waals surface area contributed by atoms with Crippen LogP contribution in [0.15, 0.2) is 35.5 Å². The lowest BCUT2D eigenvalue weighted by Gasteiger charge is -2.25. The Bertz CT molecular complexity index is 834. The molecule has 3 atom stereocenters. The van der Waals surface area contributed by atoms with Crippen molar-refractivity contribution >= 4 is 23.3 Å². The molecule has 2 aromatic heterocycles. The number of halogens is 1. The fourth-order valence-electron chi connectivity index (χ4n) is 4.02. The summed E-state index contributed by atoms with van der Waals surface area (Å²) >= 11 is 5.97. The van der Waals surface area contributed by atoms with Crippen LogP contribution in [-0.2, 0) is 0 Å². The van der Waals surface area contributed by atoms with Crippen molar-refractivity contribution < 1.29 is 4.79 Å². The Morgan fingerprint density at radius 1 is 1.36 bits per heavy atom. The van der Waals surface area contributed by atoms with Crippen LogP contribution in [0.25, 0.3) is 0 Å². The summed E-state index contributed by atoms with van der Waals surface area (Å²) in [5.41, 5.74) is 0.239. The minimum Gasteiger partial charge on any atom is -0.352 e. The molecule has 3 unspecified atom stereocenters. The molecule has 1 amide bonds. The first-order chi connectivity index (χ1) is 12.1. The minimum absolute atomic E-state index is 0.173. The molecule has 2 aromatic rings. The third-order valence-electron chi connectivity index (χ3n) is 5.09. The number of H-pyrrole nitrogens is 1. The Balaban J connectivity index is 1.42.